The monoisotopic (exact) mass is 271 g/mol. The van der Waals surface area contributed by atoms with Crippen molar-refractivity contribution in [2.45, 2.75) is 44.0 Å². The lowest BCUT2D eigenvalue weighted by atomic mass is 10.4. The maximum atomic E-state index is 12.6. The van der Waals surface area contributed by atoms with Crippen molar-refractivity contribution in [3.8, 4) is 0 Å². The molecule has 0 aliphatic heterocycles. The topological polar surface area (TPSA) is 79.2 Å². The standard InChI is InChI=1S/C12H21N3O2S/c1-9-8-12(10(2)14-9)18(16,17)15(7-3-6-13)11-4-5-11/h8,11,14H,3-7,13H2,1-2H3. The van der Waals surface area contributed by atoms with Gasteiger partial charge in [-0.2, -0.15) is 4.31 Å². The van der Waals surface area contributed by atoms with Crippen molar-refractivity contribution in [3.63, 3.8) is 0 Å². The second-order valence-electron chi connectivity index (χ2n) is 4.93. The van der Waals surface area contributed by atoms with Crippen LogP contribution in [0.25, 0.3) is 0 Å². The van der Waals surface area contributed by atoms with E-state index in [1.54, 1.807) is 17.3 Å². The Balaban J connectivity index is 2.30. The summed E-state index contributed by atoms with van der Waals surface area (Å²) in [7, 11) is -3.37. The highest BCUT2D eigenvalue weighted by atomic mass is 32.2. The molecule has 5 nitrogen and oxygen atoms in total. The molecule has 1 aromatic heterocycles. The summed E-state index contributed by atoms with van der Waals surface area (Å²) >= 11 is 0. The van der Waals surface area contributed by atoms with Crippen LogP contribution in [0.4, 0.5) is 0 Å². The van der Waals surface area contributed by atoms with Crippen molar-refractivity contribution in [1.82, 2.24) is 9.29 Å². The van der Waals surface area contributed by atoms with E-state index in [0.29, 0.717) is 30.1 Å². The molecule has 1 aliphatic rings. The van der Waals surface area contributed by atoms with Crippen LogP contribution in [0.3, 0.4) is 0 Å². The van der Waals surface area contributed by atoms with Crippen molar-refractivity contribution in [3.05, 3.63) is 17.5 Å². The van der Waals surface area contributed by atoms with Crippen LogP contribution < -0.4 is 5.73 Å². The molecule has 1 aromatic rings. The minimum Gasteiger partial charge on any atom is -0.362 e. The van der Waals surface area contributed by atoms with Gasteiger partial charge >= 0.3 is 0 Å². The van der Waals surface area contributed by atoms with Gasteiger partial charge in [0.05, 0.1) is 0 Å². The number of aryl methyl sites for hydroxylation is 2. The molecule has 0 radical (unpaired) electrons. The van der Waals surface area contributed by atoms with Crippen LogP contribution in [0.5, 0.6) is 0 Å². The minimum absolute atomic E-state index is 0.177. The fourth-order valence-corrected chi connectivity index (χ4v) is 4.19. The molecule has 0 saturated heterocycles. The number of aromatic nitrogens is 1. The summed E-state index contributed by atoms with van der Waals surface area (Å²) in [5.74, 6) is 0. The molecule has 0 atom stereocenters. The van der Waals surface area contributed by atoms with Crippen molar-refractivity contribution in [2.75, 3.05) is 13.1 Å². The first-order valence-corrected chi connectivity index (χ1v) is 7.79. The van der Waals surface area contributed by atoms with Gasteiger partial charge in [0, 0.05) is 24.0 Å². The van der Waals surface area contributed by atoms with Gasteiger partial charge < -0.3 is 10.7 Å². The van der Waals surface area contributed by atoms with Crippen molar-refractivity contribution in [2.24, 2.45) is 5.73 Å². The van der Waals surface area contributed by atoms with Crippen LogP contribution in [0.2, 0.25) is 0 Å². The molecule has 1 saturated carbocycles. The first-order chi connectivity index (χ1) is 8.46. The van der Waals surface area contributed by atoms with Crippen molar-refractivity contribution in [1.29, 1.82) is 0 Å². The zero-order valence-corrected chi connectivity index (χ0v) is 11.8. The number of aromatic amines is 1. The predicted octanol–water partition coefficient (Wildman–Crippen LogP) is 1.13. The van der Waals surface area contributed by atoms with Gasteiger partial charge in [0.1, 0.15) is 4.90 Å². The second-order valence-corrected chi connectivity index (χ2v) is 6.79. The fraction of sp³-hybridized carbons (Fsp3) is 0.667. The van der Waals surface area contributed by atoms with Gasteiger partial charge in [-0.3, -0.25) is 0 Å². The van der Waals surface area contributed by atoms with Gasteiger partial charge in [-0.15, -0.1) is 0 Å². The molecule has 6 heteroatoms. The molecular weight excluding hydrogens is 250 g/mol. The van der Waals surface area contributed by atoms with Crippen LogP contribution in [-0.2, 0) is 10.0 Å². The van der Waals surface area contributed by atoms with E-state index in [0.717, 1.165) is 18.5 Å². The summed E-state index contributed by atoms with van der Waals surface area (Å²) in [4.78, 5) is 3.46. The van der Waals surface area contributed by atoms with E-state index < -0.39 is 10.0 Å². The van der Waals surface area contributed by atoms with E-state index in [9.17, 15) is 8.42 Å². The van der Waals surface area contributed by atoms with E-state index in [1.807, 2.05) is 6.92 Å². The SMILES string of the molecule is Cc1cc(S(=O)(=O)N(CCCN)C2CC2)c(C)[nH]1. The second kappa shape index (κ2) is 5.03. The molecule has 102 valence electrons. The third-order valence-electron chi connectivity index (χ3n) is 3.23. The number of hydrogen-bond donors (Lipinski definition) is 2. The molecule has 1 fully saturated rings. The van der Waals surface area contributed by atoms with Crippen LogP contribution in [0.1, 0.15) is 30.7 Å². The number of rotatable bonds is 6. The molecule has 0 aromatic carbocycles. The summed E-state index contributed by atoms with van der Waals surface area (Å²) in [5.41, 5.74) is 7.08. The van der Waals surface area contributed by atoms with Gasteiger partial charge in [0.2, 0.25) is 10.0 Å². The van der Waals surface area contributed by atoms with Crippen LogP contribution in [0.15, 0.2) is 11.0 Å². The lowest BCUT2D eigenvalue weighted by Gasteiger charge is -2.21. The Morgan fingerprint density at radius 2 is 2.11 bits per heavy atom. The third kappa shape index (κ3) is 2.60. The summed E-state index contributed by atoms with van der Waals surface area (Å²) in [5, 5.41) is 0. The first kappa shape index (κ1) is 13.6. The highest BCUT2D eigenvalue weighted by molar-refractivity contribution is 7.89. The number of nitrogens with two attached hydrogens (primary N) is 1. The summed E-state index contributed by atoms with van der Waals surface area (Å²) in [6.07, 6.45) is 2.64. The van der Waals surface area contributed by atoms with Crippen LogP contribution >= 0.6 is 0 Å². The molecule has 0 spiro atoms. The number of H-pyrrole nitrogens is 1. The number of nitrogens with one attached hydrogen (secondary N) is 1. The minimum atomic E-state index is -3.37. The maximum Gasteiger partial charge on any atom is 0.245 e. The molecule has 0 unspecified atom stereocenters. The lowest BCUT2D eigenvalue weighted by Crippen LogP contribution is -2.35. The van der Waals surface area contributed by atoms with E-state index >= 15 is 0 Å². The summed E-state index contributed by atoms with van der Waals surface area (Å²) < 4.78 is 26.9. The Bertz CT molecular complexity index is 517. The van der Waals surface area contributed by atoms with Gasteiger partial charge in [-0.05, 0) is 45.7 Å². The summed E-state index contributed by atoms with van der Waals surface area (Å²) in [6.45, 7) is 4.71. The number of hydrogen-bond acceptors (Lipinski definition) is 3. The van der Waals surface area contributed by atoms with E-state index in [2.05, 4.69) is 4.98 Å². The zero-order chi connectivity index (χ0) is 13.3. The fourth-order valence-electron chi connectivity index (χ4n) is 2.20. The Labute approximate surface area is 108 Å². The Hall–Kier alpha value is -0.850. The van der Waals surface area contributed by atoms with Gasteiger partial charge in [-0.25, -0.2) is 8.42 Å². The molecule has 3 N–H and O–H groups in total. The molecule has 2 rings (SSSR count). The van der Waals surface area contributed by atoms with Gasteiger partial charge in [-0.1, -0.05) is 0 Å². The third-order valence-corrected chi connectivity index (χ3v) is 5.30. The lowest BCUT2D eigenvalue weighted by molar-refractivity contribution is 0.399. The highest BCUT2D eigenvalue weighted by Gasteiger charge is 2.38. The van der Waals surface area contributed by atoms with Crippen molar-refractivity contribution >= 4 is 10.0 Å². The predicted molar refractivity (Wildman–Crippen MR) is 70.9 cm³/mol. The van der Waals surface area contributed by atoms with Gasteiger partial charge in [0.25, 0.3) is 0 Å². The Kier molecular flexibility index (Phi) is 3.79. The smallest absolute Gasteiger partial charge is 0.245 e. The Morgan fingerprint density at radius 1 is 1.44 bits per heavy atom. The first-order valence-electron chi connectivity index (χ1n) is 6.35. The molecule has 0 bridgehead atoms. The summed E-state index contributed by atoms with van der Waals surface area (Å²) in [6, 6.07) is 1.89. The highest BCUT2D eigenvalue weighted by Crippen LogP contribution is 2.33. The number of sulfonamides is 1. The average Bonchev–Trinajstić information content (AvgIpc) is 3.04. The molecule has 1 aliphatic carbocycles. The molecule has 18 heavy (non-hydrogen) atoms. The van der Waals surface area contributed by atoms with E-state index in [4.69, 9.17) is 5.73 Å². The molecule has 0 amide bonds. The largest absolute Gasteiger partial charge is 0.362 e. The van der Waals surface area contributed by atoms with Crippen LogP contribution in [0, 0.1) is 13.8 Å². The van der Waals surface area contributed by atoms with E-state index in [1.165, 1.54) is 0 Å². The van der Waals surface area contributed by atoms with Crippen LogP contribution in [-0.4, -0.2) is 36.8 Å². The molecular formula is C12H21N3O2S. The normalized spacial score (nSPS) is 16.4. The maximum absolute atomic E-state index is 12.6. The van der Waals surface area contributed by atoms with Crippen molar-refractivity contribution < 1.29 is 8.42 Å². The average molecular weight is 271 g/mol. The van der Waals surface area contributed by atoms with E-state index in [-0.39, 0.29) is 6.04 Å². The Morgan fingerprint density at radius 3 is 2.56 bits per heavy atom. The zero-order valence-electron chi connectivity index (χ0n) is 10.9. The number of nitrogens with zero attached hydrogens (tertiary/aromatic N) is 1. The molecule has 1 heterocycles. The van der Waals surface area contributed by atoms with Gasteiger partial charge in [0.15, 0.2) is 0 Å². The quantitative estimate of drug-likeness (QED) is 0.814.